The molecule has 0 aliphatic carbocycles. The number of aromatic nitrogens is 2. The second-order valence-corrected chi connectivity index (χ2v) is 7.30. The topological polar surface area (TPSA) is 79.7 Å². The molecule has 1 N–H and O–H groups in total. The Morgan fingerprint density at radius 1 is 1.17 bits per heavy atom. The fourth-order valence-electron chi connectivity index (χ4n) is 3.53. The normalized spacial score (nSPS) is 15.6. The van der Waals surface area contributed by atoms with Gasteiger partial charge in [-0.05, 0) is 32.5 Å². The highest BCUT2D eigenvalue weighted by Gasteiger charge is 2.22. The summed E-state index contributed by atoms with van der Waals surface area (Å²) in [5.74, 6) is -0.591. The predicted octanol–water partition coefficient (Wildman–Crippen LogP) is 1.88. The number of aryl methyl sites for hydroxylation is 1. The van der Waals surface area contributed by atoms with Gasteiger partial charge < -0.3 is 10.1 Å². The lowest BCUT2D eigenvalue weighted by molar-refractivity contribution is -0.117. The van der Waals surface area contributed by atoms with Crippen LogP contribution in [-0.2, 0) is 23.1 Å². The number of halogens is 1. The minimum Gasteiger partial charge on any atom is -0.462 e. The Labute approximate surface area is 175 Å². The Morgan fingerprint density at radius 2 is 1.90 bits per heavy atom. The fraction of sp³-hybridized carbons (Fsp3) is 0.476. The molecule has 0 bridgehead atoms. The van der Waals surface area contributed by atoms with Gasteiger partial charge in [0.15, 0.2) is 0 Å². The zero-order valence-corrected chi connectivity index (χ0v) is 17.4. The first-order valence-electron chi connectivity index (χ1n) is 10.1. The van der Waals surface area contributed by atoms with Crippen molar-refractivity contribution in [2.45, 2.75) is 19.9 Å². The van der Waals surface area contributed by atoms with Gasteiger partial charge in [-0.2, -0.15) is 5.10 Å². The minimum atomic E-state index is -0.514. The van der Waals surface area contributed by atoms with E-state index in [9.17, 15) is 14.0 Å². The molecule has 0 spiro atoms. The van der Waals surface area contributed by atoms with Crippen LogP contribution < -0.4 is 5.32 Å². The lowest BCUT2D eigenvalue weighted by Crippen LogP contribution is -2.36. The van der Waals surface area contributed by atoms with Crippen LogP contribution in [0.3, 0.4) is 0 Å². The molecule has 2 aromatic rings. The van der Waals surface area contributed by atoms with Crippen LogP contribution in [0.5, 0.6) is 0 Å². The van der Waals surface area contributed by atoms with E-state index in [4.69, 9.17) is 4.74 Å². The van der Waals surface area contributed by atoms with Crippen LogP contribution in [0.1, 0.15) is 29.3 Å². The van der Waals surface area contributed by atoms with Crippen molar-refractivity contribution in [2.24, 2.45) is 7.05 Å². The molecule has 1 aromatic heterocycles. The van der Waals surface area contributed by atoms with Gasteiger partial charge in [-0.1, -0.05) is 18.2 Å². The number of hydrogen-bond acceptors (Lipinski definition) is 6. The van der Waals surface area contributed by atoms with Gasteiger partial charge in [0.1, 0.15) is 17.2 Å². The van der Waals surface area contributed by atoms with Gasteiger partial charge >= 0.3 is 5.97 Å². The molecule has 1 aliphatic heterocycles. The molecule has 162 valence electrons. The van der Waals surface area contributed by atoms with Crippen molar-refractivity contribution < 1.29 is 18.7 Å². The quantitative estimate of drug-likeness (QED) is 0.693. The molecule has 0 unspecified atom stereocenters. The van der Waals surface area contributed by atoms with E-state index in [0.29, 0.717) is 24.5 Å². The number of amides is 1. The zero-order valence-electron chi connectivity index (χ0n) is 17.4. The van der Waals surface area contributed by atoms with Crippen molar-refractivity contribution >= 4 is 17.7 Å². The number of ether oxygens (including phenoxy) is 1. The number of carbonyl (C=O) groups excluding carboxylic acids is 2. The van der Waals surface area contributed by atoms with Gasteiger partial charge in [0.05, 0.1) is 19.3 Å². The van der Waals surface area contributed by atoms with Crippen molar-refractivity contribution in [3.63, 3.8) is 0 Å². The number of anilines is 1. The van der Waals surface area contributed by atoms with Crippen molar-refractivity contribution in [2.75, 3.05) is 44.6 Å². The van der Waals surface area contributed by atoms with Crippen LogP contribution in [0, 0.1) is 5.82 Å². The minimum absolute atomic E-state index is 0.188. The van der Waals surface area contributed by atoms with E-state index >= 15 is 0 Å². The van der Waals surface area contributed by atoms with E-state index in [2.05, 4.69) is 20.2 Å². The van der Waals surface area contributed by atoms with E-state index in [1.807, 2.05) is 6.07 Å². The average molecular weight is 417 g/mol. The summed E-state index contributed by atoms with van der Waals surface area (Å²) in [6, 6.07) is 6.82. The Morgan fingerprint density at radius 3 is 2.67 bits per heavy atom. The van der Waals surface area contributed by atoms with Crippen molar-refractivity contribution in [1.82, 2.24) is 19.6 Å². The number of benzene rings is 1. The lowest BCUT2D eigenvalue weighted by Gasteiger charge is -2.21. The van der Waals surface area contributed by atoms with E-state index in [0.717, 1.165) is 26.1 Å². The molecule has 3 rings (SSSR count). The van der Waals surface area contributed by atoms with Crippen molar-refractivity contribution in [1.29, 1.82) is 0 Å². The van der Waals surface area contributed by atoms with Crippen LogP contribution >= 0.6 is 0 Å². The van der Waals surface area contributed by atoms with Crippen LogP contribution in [-0.4, -0.2) is 70.8 Å². The van der Waals surface area contributed by atoms with Crippen LogP contribution in [0.25, 0.3) is 0 Å². The molecule has 1 fully saturated rings. The molecule has 2 heterocycles. The number of esters is 1. The summed E-state index contributed by atoms with van der Waals surface area (Å²) in [5, 5.41) is 6.82. The van der Waals surface area contributed by atoms with Gasteiger partial charge in [-0.15, -0.1) is 0 Å². The van der Waals surface area contributed by atoms with E-state index in [1.54, 1.807) is 26.1 Å². The van der Waals surface area contributed by atoms with E-state index in [1.165, 1.54) is 16.9 Å². The maximum atomic E-state index is 13.9. The average Bonchev–Trinajstić information content (AvgIpc) is 2.93. The monoisotopic (exact) mass is 417 g/mol. The molecule has 1 amide bonds. The number of nitrogens with zero attached hydrogens (tertiary/aromatic N) is 4. The highest BCUT2D eigenvalue weighted by Crippen LogP contribution is 2.16. The summed E-state index contributed by atoms with van der Waals surface area (Å²) in [6.07, 6.45) is 2.28. The summed E-state index contributed by atoms with van der Waals surface area (Å²) in [7, 11) is 1.66. The van der Waals surface area contributed by atoms with Crippen LogP contribution in [0.4, 0.5) is 10.2 Å². The van der Waals surface area contributed by atoms with Crippen LogP contribution in [0.2, 0.25) is 0 Å². The Kier molecular flexibility index (Phi) is 7.53. The predicted molar refractivity (Wildman–Crippen MR) is 111 cm³/mol. The number of hydrogen-bond donors (Lipinski definition) is 1. The van der Waals surface area contributed by atoms with E-state index in [-0.39, 0.29) is 30.4 Å². The molecular weight excluding hydrogens is 389 g/mol. The molecule has 9 heteroatoms. The highest BCUT2D eigenvalue weighted by molar-refractivity contribution is 6.00. The smallest absolute Gasteiger partial charge is 0.343 e. The summed E-state index contributed by atoms with van der Waals surface area (Å²) >= 11 is 0. The lowest BCUT2D eigenvalue weighted by atomic mass is 10.2. The molecule has 0 radical (unpaired) electrons. The van der Waals surface area contributed by atoms with Crippen molar-refractivity contribution in [3.8, 4) is 0 Å². The molecule has 30 heavy (non-hydrogen) atoms. The Hall–Kier alpha value is -2.78. The third-order valence-corrected chi connectivity index (χ3v) is 5.09. The van der Waals surface area contributed by atoms with Gasteiger partial charge in [0.25, 0.3) is 0 Å². The van der Waals surface area contributed by atoms with E-state index < -0.39 is 5.97 Å². The second kappa shape index (κ2) is 10.3. The largest absolute Gasteiger partial charge is 0.462 e. The number of rotatable bonds is 7. The standard InChI is InChI=1S/C21H28FN5O3/c1-3-30-21(29)17-13-23-25(2)20(17)24-19(28)15-27-10-6-9-26(11-12-27)14-16-7-4-5-8-18(16)22/h4-5,7-8,13H,3,6,9-12,14-15H2,1-2H3,(H,24,28). The third kappa shape index (κ3) is 5.64. The summed E-state index contributed by atoms with van der Waals surface area (Å²) in [5.41, 5.74) is 0.922. The van der Waals surface area contributed by atoms with Crippen LogP contribution in [0.15, 0.2) is 30.5 Å². The van der Waals surface area contributed by atoms with Gasteiger partial charge in [0.2, 0.25) is 5.91 Å². The first kappa shape index (κ1) is 21.9. The number of nitrogens with one attached hydrogen (secondary N) is 1. The maximum absolute atomic E-state index is 13.9. The summed E-state index contributed by atoms with van der Waals surface area (Å²) in [4.78, 5) is 28.9. The third-order valence-electron chi connectivity index (χ3n) is 5.09. The Bertz CT molecular complexity index is 885. The molecule has 1 aromatic carbocycles. The summed E-state index contributed by atoms with van der Waals surface area (Å²) in [6.45, 7) is 5.82. The fourth-order valence-corrected chi connectivity index (χ4v) is 3.53. The number of carbonyl (C=O) groups is 2. The maximum Gasteiger partial charge on any atom is 0.343 e. The van der Waals surface area contributed by atoms with Gasteiger partial charge in [-0.25, -0.2) is 9.18 Å². The second-order valence-electron chi connectivity index (χ2n) is 7.30. The van der Waals surface area contributed by atoms with Gasteiger partial charge in [-0.3, -0.25) is 19.3 Å². The molecule has 0 atom stereocenters. The summed E-state index contributed by atoms with van der Waals surface area (Å²) < 4.78 is 20.4. The molecular formula is C21H28FN5O3. The Balaban J connectivity index is 1.54. The highest BCUT2D eigenvalue weighted by atomic mass is 19.1. The molecule has 0 saturated carbocycles. The van der Waals surface area contributed by atoms with Gasteiger partial charge in [0, 0.05) is 32.2 Å². The van der Waals surface area contributed by atoms with Crippen molar-refractivity contribution in [3.05, 3.63) is 47.4 Å². The first-order valence-corrected chi connectivity index (χ1v) is 10.1. The SMILES string of the molecule is CCOC(=O)c1cnn(C)c1NC(=O)CN1CCCN(Cc2ccccc2F)CC1. The molecule has 8 nitrogen and oxygen atoms in total. The zero-order chi connectivity index (χ0) is 21.5. The molecule has 1 aliphatic rings. The first-order chi connectivity index (χ1) is 14.5. The molecule has 1 saturated heterocycles.